The number of furan rings is 1. The van der Waals surface area contributed by atoms with Gasteiger partial charge in [0.15, 0.2) is 0 Å². The maximum absolute atomic E-state index is 12.6. The highest BCUT2D eigenvalue weighted by Gasteiger charge is 2.35. The van der Waals surface area contributed by atoms with E-state index < -0.39 is 17.1 Å². The number of amides is 2. The van der Waals surface area contributed by atoms with E-state index in [0.717, 1.165) is 16.7 Å². The molecule has 148 valence electrons. The largest absolute Gasteiger partial charge is 0.480 e. The molecule has 3 rings (SSSR count). The fourth-order valence-corrected chi connectivity index (χ4v) is 3.81. The monoisotopic (exact) mass is 475 g/mol. The first-order chi connectivity index (χ1) is 13.9. The maximum atomic E-state index is 12.6. The van der Waals surface area contributed by atoms with Crippen LogP contribution in [0.25, 0.3) is 6.08 Å². The van der Waals surface area contributed by atoms with Crippen LogP contribution in [0.2, 0.25) is 0 Å². The number of carbonyl (C=O) groups is 3. The van der Waals surface area contributed by atoms with Crippen LogP contribution in [0, 0.1) is 12.3 Å². The lowest BCUT2D eigenvalue weighted by atomic mass is 10.2. The Kier molecular flexibility index (Phi) is 6.46. The van der Waals surface area contributed by atoms with Crippen molar-refractivity contribution in [3.8, 4) is 18.1 Å². The lowest BCUT2D eigenvalue weighted by molar-refractivity contribution is -0.123. The first-order valence-electron chi connectivity index (χ1n) is 8.21. The number of halogens is 1. The van der Waals surface area contributed by atoms with Gasteiger partial charge >= 0.3 is 5.97 Å². The zero-order chi connectivity index (χ0) is 21.0. The first kappa shape index (κ1) is 20.8. The lowest BCUT2D eigenvalue weighted by Gasteiger charge is -2.10. The van der Waals surface area contributed by atoms with Crippen LogP contribution >= 0.6 is 27.7 Å². The van der Waals surface area contributed by atoms with E-state index in [1.165, 1.54) is 19.2 Å². The Morgan fingerprint density at radius 2 is 2.14 bits per heavy atom. The molecule has 2 amide bonds. The number of rotatable bonds is 6. The van der Waals surface area contributed by atoms with E-state index in [0.29, 0.717) is 21.5 Å². The third kappa shape index (κ3) is 4.72. The van der Waals surface area contributed by atoms with Crippen molar-refractivity contribution in [3.63, 3.8) is 0 Å². The molecule has 0 N–H and O–H groups in total. The molecular weight excluding hydrogens is 462 g/mol. The molecule has 0 atom stereocenters. The van der Waals surface area contributed by atoms with Crippen LogP contribution in [0.4, 0.5) is 4.79 Å². The van der Waals surface area contributed by atoms with E-state index in [2.05, 4.69) is 26.6 Å². The van der Waals surface area contributed by atoms with Crippen molar-refractivity contribution in [1.82, 2.24) is 4.90 Å². The van der Waals surface area contributed by atoms with E-state index >= 15 is 0 Å². The van der Waals surface area contributed by atoms with Gasteiger partial charge in [-0.25, -0.2) is 4.79 Å². The Hall–Kier alpha value is -2.96. The van der Waals surface area contributed by atoms with Crippen LogP contribution in [0.15, 0.2) is 44.1 Å². The molecule has 2 aromatic rings. The Balaban J connectivity index is 1.74. The van der Waals surface area contributed by atoms with Crippen molar-refractivity contribution in [2.75, 3.05) is 13.7 Å². The summed E-state index contributed by atoms with van der Waals surface area (Å²) in [6.45, 7) is 0.0584. The molecule has 1 saturated heterocycles. The van der Waals surface area contributed by atoms with Gasteiger partial charge in [-0.2, -0.15) is 0 Å². The van der Waals surface area contributed by atoms with Gasteiger partial charge in [-0.1, -0.05) is 12.0 Å². The molecule has 1 aliphatic rings. The summed E-state index contributed by atoms with van der Waals surface area (Å²) in [4.78, 5) is 37.7. The molecule has 2 heterocycles. The van der Waals surface area contributed by atoms with Gasteiger partial charge in [0.2, 0.25) is 5.76 Å². The lowest BCUT2D eigenvalue weighted by Crippen LogP contribution is -2.27. The summed E-state index contributed by atoms with van der Waals surface area (Å²) >= 11 is 4.22. The highest BCUT2D eigenvalue weighted by atomic mass is 79.9. The third-order valence-electron chi connectivity index (χ3n) is 3.80. The number of methoxy groups -OCH3 is 1. The van der Waals surface area contributed by atoms with Crippen LogP contribution < -0.4 is 4.74 Å². The van der Waals surface area contributed by atoms with Crippen LogP contribution in [-0.4, -0.2) is 35.7 Å². The fraction of sp³-hybridized carbons (Fsp3) is 0.150. The summed E-state index contributed by atoms with van der Waals surface area (Å²) in [6, 6.07) is 8.17. The Morgan fingerprint density at radius 1 is 1.34 bits per heavy atom. The molecular formula is C20H14BrNO6S. The van der Waals surface area contributed by atoms with Crippen molar-refractivity contribution in [2.45, 2.75) is 6.54 Å². The molecule has 7 nitrogen and oxygen atoms in total. The standard InChI is InChI=1S/C20H14BrNO6S/c1-3-8-27-15-6-4-12(9-14(15)21)10-17-18(23)22(20(25)29-17)11-13-5-7-16(28-13)19(24)26-2/h1,4-7,9-10H,8,11H2,2H3/b17-10+. The molecule has 1 fully saturated rings. The summed E-state index contributed by atoms with van der Waals surface area (Å²) in [5, 5.41) is -0.426. The smallest absolute Gasteiger partial charge is 0.373 e. The van der Waals surface area contributed by atoms with Crippen molar-refractivity contribution < 1.29 is 28.3 Å². The number of thioether (sulfide) groups is 1. The van der Waals surface area contributed by atoms with Crippen molar-refractivity contribution >= 4 is 50.9 Å². The van der Waals surface area contributed by atoms with E-state index in [1.54, 1.807) is 24.3 Å². The zero-order valence-electron chi connectivity index (χ0n) is 15.1. The summed E-state index contributed by atoms with van der Waals surface area (Å²) < 4.78 is 15.9. The first-order valence-corrected chi connectivity index (χ1v) is 9.82. The minimum Gasteiger partial charge on any atom is -0.480 e. The van der Waals surface area contributed by atoms with Crippen LogP contribution in [0.3, 0.4) is 0 Å². The number of terminal acetylenes is 1. The second-order valence-corrected chi connectivity index (χ2v) is 7.56. The van der Waals surface area contributed by atoms with E-state index in [4.69, 9.17) is 15.6 Å². The quantitative estimate of drug-likeness (QED) is 0.353. The fourth-order valence-electron chi connectivity index (χ4n) is 2.46. The SMILES string of the molecule is C#CCOc1ccc(/C=C2/SC(=O)N(Cc3ccc(C(=O)OC)o3)C2=O)cc1Br. The molecule has 9 heteroatoms. The number of hydrogen-bond donors (Lipinski definition) is 0. The van der Waals surface area contributed by atoms with E-state index in [9.17, 15) is 14.4 Å². The normalized spacial score (nSPS) is 14.9. The maximum Gasteiger partial charge on any atom is 0.373 e. The average Bonchev–Trinajstić information content (AvgIpc) is 3.27. The van der Waals surface area contributed by atoms with Gasteiger partial charge in [0, 0.05) is 0 Å². The van der Waals surface area contributed by atoms with Gasteiger partial charge in [0.05, 0.1) is 23.0 Å². The number of carbonyl (C=O) groups excluding carboxylic acids is 3. The predicted molar refractivity (Wildman–Crippen MR) is 110 cm³/mol. The van der Waals surface area contributed by atoms with Gasteiger partial charge in [-0.05, 0) is 63.6 Å². The molecule has 0 aliphatic carbocycles. The molecule has 0 radical (unpaired) electrons. The number of hydrogen-bond acceptors (Lipinski definition) is 7. The Morgan fingerprint density at radius 3 is 2.83 bits per heavy atom. The summed E-state index contributed by atoms with van der Waals surface area (Å²) in [5.74, 6) is 2.18. The topological polar surface area (TPSA) is 86.1 Å². The summed E-state index contributed by atoms with van der Waals surface area (Å²) in [5.41, 5.74) is 0.710. The van der Waals surface area contributed by atoms with Gasteiger partial charge in [-0.3, -0.25) is 14.5 Å². The predicted octanol–water partition coefficient (Wildman–Crippen LogP) is 4.08. The molecule has 29 heavy (non-hydrogen) atoms. The number of ether oxygens (including phenoxy) is 2. The molecule has 0 spiro atoms. The second-order valence-electron chi connectivity index (χ2n) is 5.71. The number of esters is 1. The highest BCUT2D eigenvalue weighted by molar-refractivity contribution is 9.10. The molecule has 0 bridgehead atoms. The molecule has 1 aromatic carbocycles. The molecule has 1 aromatic heterocycles. The number of nitrogens with zero attached hydrogens (tertiary/aromatic N) is 1. The van der Waals surface area contributed by atoms with Crippen LogP contribution in [-0.2, 0) is 16.1 Å². The van der Waals surface area contributed by atoms with Crippen molar-refractivity contribution in [3.05, 3.63) is 56.8 Å². The van der Waals surface area contributed by atoms with Gasteiger partial charge in [0.25, 0.3) is 11.1 Å². The molecule has 1 aliphatic heterocycles. The number of imide groups is 1. The minimum absolute atomic E-state index is 0.00186. The second kappa shape index (κ2) is 9.03. The Labute approximate surface area is 179 Å². The van der Waals surface area contributed by atoms with Gasteiger partial charge < -0.3 is 13.9 Å². The third-order valence-corrected chi connectivity index (χ3v) is 5.33. The van der Waals surface area contributed by atoms with Gasteiger partial charge in [0.1, 0.15) is 18.1 Å². The highest BCUT2D eigenvalue weighted by Crippen LogP contribution is 2.35. The van der Waals surface area contributed by atoms with Crippen molar-refractivity contribution in [1.29, 1.82) is 0 Å². The van der Waals surface area contributed by atoms with Crippen molar-refractivity contribution in [2.24, 2.45) is 0 Å². The van der Waals surface area contributed by atoms with E-state index in [1.807, 2.05) is 0 Å². The van der Waals surface area contributed by atoms with Crippen LogP contribution in [0.5, 0.6) is 5.75 Å². The minimum atomic E-state index is -0.634. The molecule has 0 saturated carbocycles. The van der Waals surface area contributed by atoms with Gasteiger partial charge in [-0.15, -0.1) is 6.42 Å². The van der Waals surface area contributed by atoms with E-state index in [-0.39, 0.29) is 23.8 Å². The Bertz CT molecular complexity index is 1050. The summed E-state index contributed by atoms with van der Waals surface area (Å²) in [7, 11) is 1.23. The zero-order valence-corrected chi connectivity index (χ0v) is 17.5. The van der Waals surface area contributed by atoms with Crippen LogP contribution in [0.1, 0.15) is 21.9 Å². The number of benzene rings is 1. The molecule has 0 unspecified atom stereocenters. The average molecular weight is 476 g/mol. The summed E-state index contributed by atoms with van der Waals surface area (Å²) in [6.07, 6.45) is 6.79.